The number of carbonyl (C=O) groups is 1. The predicted molar refractivity (Wildman–Crippen MR) is 83.8 cm³/mol. The summed E-state index contributed by atoms with van der Waals surface area (Å²) in [5.41, 5.74) is 7.62. The van der Waals surface area contributed by atoms with Crippen molar-refractivity contribution in [2.24, 2.45) is 5.73 Å². The molecule has 1 aliphatic heterocycles. The van der Waals surface area contributed by atoms with Gasteiger partial charge in [-0.2, -0.15) is 0 Å². The van der Waals surface area contributed by atoms with Gasteiger partial charge < -0.3 is 20.5 Å². The summed E-state index contributed by atoms with van der Waals surface area (Å²) >= 11 is 0. The van der Waals surface area contributed by atoms with Crippen LogP contribution in [0.2, 0.25) is 0 Å². The van der Waals surface area contributed by atoms with Gasteiger partial charge in [0.1, 0.15) is 11.9 Å². The van der Waals surface area contributed by atoms with Crippen LogP contribution in [-0.4, -0.2) is 31.3 Å². The minimum absolute atomic E-state index is 0. The van der Waals surface area contributed by atoms with Gasteiger partial charge in [0.05, 0.1) is 19.3 Å². The Morgan fingerprint density at radius 2 is 2.33 bits per heavy atom. The molecule has 3 N–H and O–H groups in total. The van der Waals surface area contributed by atoms with Crippen molar-refractivity contribution in [2.75, 3.05) is 13.2 Å². The summed E-state index contributed by atoms with van der Waals surface area (Å²) in [5.74, 6) is 0.645. The van der Waals surface area contributed by atoms with Gasteiger partial charge in [0.15, 0.2) is 0 Å². The first-order valence-corrected chi connectivity index (χ1v) is 6.93. The van der Waals surface area contributed by atoms with Gasteiger partial charge in [0.2, 0.25) is 5.91 Å². The van der Waals surface area contributed by atoms with E-state index in [9.17, 15) is 4.79 Å². The van der Waals surface area contributed by atoms with Crippen LogP contribution in [-0.2, 0) is 16.1 Å². The Morgan fingerprint density at radius 1 is 1.57 bits per heavy atom. The number of carbonyl (C=O) groups excluding carboxylic acids is 1. The van der Waals surface area contributed by atoms with Gasteiger partial charge in [-0.3, -0.25) is 4.79 Å². The van der Waals surface area contributed by atoms with Crippen molar-refractivity contribution in [3.05, 3.63) is 29.3 Å². The molecule has 6 heteroatoms. The van der Waals surface area contributed by atoms with Gasteiger partial charge in [-0.25, -0.2) is 0 Å². The van der Waals surface area contributed by atoms with Gasteiger partial charge in [0, 0.05) is 18.5 Å². The van der Waals surface area contributed by atoms with E-state index in [0.717, 1.165) is 29.9 Å². The van der Waals surface area contributed by atoms with Gasteiger partial charge in [-0.1, -0.05) is 12.1 Å². The molecule has 0 spiro atoms. The SMILES string of the molecule is Cc1ccc(CNC(=O)[C@H](C)N)c(OC2CCOC2)c1.Cl. The van der Waals surface area contributed by atoms with Crippen LogP contribution < -0.4 is 15.8 Å². The van der Waals surface area contributed by atoms with E-state index in [0.29, 0.717) is 13.2 Å². The number of nitrogens with one attached hydrogen (secondary N) is 1. The summed E-state index contributed by atoms with van der Waals surface area (Å²) in [7, 11) is 0. The highest BCUT2D eigenvalue weighted by atomic mass is 35.5. The average molecular weight is 315 g/mol. The van der Waals surface area contributed by atoms with Crippen molar-refractivity contribution in [3.8, 4) is 5.75 Å². The summed E-state index contributed by atoms with van der Waals surface area (Å²) in [6.45, 7) is 5.47. The van der Waals surface area contributed by atoms with E-state index in [1.54, 1.807) is 6.92 Å². The number of hydrogen-bond donors (Lipinski definition) is 2. The highest BCUT2D eigenvalue weighted by Crippen LogP contribution is 2.23. The molecular weight excluding hydrogens is 292 g/mol. The lowest BCUT2D eigenvalue weighted by atomic mass is 10.1. The zero-order chi connectivity index (χ0) is 14.5. The van der Waals surface area contributed by atoms with Crippen molar-refractivity contribution in [2.45, 2.75) is 39.0 Å². The topological polar surface area (TPSA) is 73.6 Å². The van der Waals surface area contributed by atoms with Crippen LogP contribution in [0.3, 0.4) is 0 Å². The van der Waals surface area contributed by atoms with Crippen molar-refractivity contribution in [1.29, 1.82) is 0 Å². The molecule has 0 aliphatic carbocycles. The third-order valence-electron chi connectivity index (χ3n) is 3.27. The van der Waals surface area contributed by atoms with Gasteiger partial charge >= 0.3 is 0 Å². The Labute approximate surface area is 131 Å². The van der Waals surface area contributed by atoms with Gasteiger partial charge in [0.25, 0.3) is 0 Å². The normalized spacial score (nSPS) is 18.7. The molecule has 21 heavy (non-hydrogen) atoms. The molecule has 2 rings (SSSR count). The third-order valence-corrected chi connectivity index (χ3v) is 3.27. The Kier molecular flexibility index (Phi) is 6.95. The zero-order valence-corrected chi connectivity index (χ0v) is 13.2. The molecule has 1 aliphatic rings. The molecule has 1 fully saturated rings. The molecule has 1 aromatic carbocycles. The third kappa shape index (κ3) is 5.19. The number of amides is 1. The number of halogens is 1. The van der Waals surface area contributed by atoms with Crippen molar-refractivity contribution in [3.63, 3.8) is 0 Å². The highest BCUT2D eigenvalue weighted by molar-refractivity contribution is 5.85. The van der Waals surface area contributed by atoms with Crippen molar-refractivity contribution >= 4 is 18.3 Å². The molecule has 118 valence electrons. The molecule has 0 aromatic heterocycles. The fraction of sp³-hybridized carbons (Fsp3) is 0.533. The van der Waals surface area contributed by atoms with Crippen LogP contribution in [0.25, 0.3) is 0 Å². The van der Waals surface area contributed by atoms with Crippen LogP contribution in [0.4, 0.5) is 0 Å². The summed E-state index contributed by atoms with van der Waals surface area (Å²) in [6.07, 6.45) is 0.999. The molecule has 1 amide bonds. The molecule has 1 saturated heterocycles. The smallest absolute Gasteiger partial charge is 0.236 e. The van der Waals surface area contributed by atoms with E-state index in [2.05, 4.69) is 5.32 Å². The molecule has 0 saturated carbocycles. The fourth-order valence-electron chi connectivity index (χ4n) is 2.05. The molecule has 5 nitrogen and oxygen atoms in total. The second-order valence-electron chi connectivity index (χ2n) is 5.22. The van der Waals surface area contributed by atoms with Crippen LogP contribution in [0, 0.1) is 6.92 Å². The molecule has 1 heterocycles. The largest absolute Gasteiger partial charge is 0.488 e. The Morgan fingerprint density at radius 3 is 2.95 bits per heavy atom. The first-order valence-electron chi connectivity index (χ1n) is 6.93. The minimum atomic E-state index is -0.506. The highest BCUT2D eigenvalue weighted by Gasteiger charge is 2.19. The molecule has 1 aromatic rings. The Hall–Kier alpha value is -1.30. The maximum absolute atomic E-state index is 11.5. The van der Waals surface area contributed by atoms with E-state index in [1.807, 2.05) is 25.1 Å². The maximum Gasteiger partial charge on any atom is 0.236 e. The summed E-state index contributed by atoms with van der Waals surface area (Å²) < 4.78 is 11.3. The van der Waals surface area contributed by atoms with E-state index in [1.165, 1.54) is 0 Å². The van der Waals surface area contributed by atoms with Gasteiger partial charge in [-0.05, 0) is 25.5 Å². The Balaban J connectivity index is 0.00000220. The van der Waals surface area contributed by atoms with Crippen LogP contribution in [0.5, 0.6) is 5.75 Å². The lowest BCUT2D eigenvalue weighted by molar-refractivity contribution is -0.122. The first kappa shape index (κ1) is 17.8. The van der Waals surface area contributed by atoms with E-state index < -0.39 is 6.04 Å². The van der Waals surface area contributed by atoms with Gasteiger partial charge in [-0.15, -0.1) is 12.4 Å². The van der Waals surface area contributed by atoms with Crippen LogP contribution >= 0.6 is 12.4 Å². The second kappa shape index (κ2) is 8.22. The predicted octanol–water partition coefficient (Wildman–Crippen LogP) is 1.55. The molecular formula is C15H23ClN2O3. The lowest BCUT2D eigenvalue weighted by Gasteiger charge is -2.17. The fourth-order valence-corrected chi connectivity index (χ4v) is 2.05. The monoisotopic (exact) mass is 314 g/mol. The number of nitrogens with two attached hydrogens (primary N) is 1. The number of aryl methyl sites for hydroxylation is 1. The quantitative estimate of drug-likeness (QED) is 0.865. The van der Waals surface area contributed by atoms with Crippen molar-refractivity contribution in [1.82, 2.24) is 5.32 Å². The summed E-state index contributed by atoms with van der Waals surface area (Å²) in [5, 5.41) is 2.81. The zero-order valence-electron chi connectivity index (χ0n) is 12.4. The molecule has 2 atom stereocenters. The second-order valence-corrected chi connectivity index (χ2v) is 5.22. The number of benzene rings is 1. The van der Waals surface area contributed by atoms with Crippen LogP contribution in [0.15, 0.2) is 18.2 Å². The van der Waals surface area contributed by atoms with E-state index in [4.69, 9.17) is 15.2 Å². The number of hydrogen-bond acceptors (Lipinski definition) is 4. The van der Waals surface area contributed by atoms with Crippen molar-refractivity contribution < 1.29 is 14.3 Å². The summed E-state index contributed by atoms with van der Waals surface area (Å²) in [6, 6.07) is 5.46. The lowest BCUT2D eigenvalue weighted by Crippen LogP contribution is -2.37. The van der Waals surface area contributed by atoms with Crippen LogP contribution in [0.1, 0.15) is 24.5 Å². The maximum atomic E-state index is 11.5. The molecule has 1 unspecified atom stereocenters. The average Bonchev–Trinajstić information content (AvgIpc) is 2.90. The first-order chi connectivity index (χ1) is 9.56. The minimum Gasteiger partial charge on any atom is -0.488 e. The Bertz CT molecular complexity index is 474. The number of rotatable bonds is 5. The molecule has 0 radical (unpaired) electrons. The molecule has 0 bridgehead atoms. The van der Waals surface area contributed by atoms with E-state index in [-0.39, 0.29) is 24.4 Å². The van der Waals surface area contributed by atoms with E-state index >= 15 is 0 Å². The number of ether oxygens (including phenoxy) is 2. The summed E-state index contributed by atoms with van der Waals surface area (Å²) in [4.78, 5) is 11.5. The standard InChI is InChI=1S/C15H22N2O3.ClH/c1-10-3-4-12(8-17-15(18)11(2)16)14(7-10)20-13-5-6-19-9-13;/h3-4,7,11,13H,5-6,8-9,16H2,1-2H3,(H,17,18);1H/t11-,13?;/m0./s1.